The summed E-state index contributed by atoms with van der Waals surface area (Å²) in [4.78, 5) is 24.1. The van der Waals surface area contributed by atoms with Crippen LogP contribution in [0.2, 0.25) is 0 Å². The monoisotopic (exact) mass is 245 g/mol. The number of hydrogen-bond acceptors (Lipinski definition) is 6. The quantitative estimate of drug-likeness (QED) is 0.661. The second-order valence-electron chi connectivity index (χ2n) is 4.12. The van der Waals surface area contributed by atoms with Gasteiger partial charge in [-0.3, -0.25) is 14.5 Å². The van der Waals surface area contributed by atoms with Crippen molar-refractivity contribution in [3.05, 3.63) is 0 Å². The van der Waals surface area contributed by atoms with Gasteiger partial charge in [-0.2, -0.15) is 0 Å². The average molecular weight is 245 g/mol. The Morgan fingerprint density at radius 3 is 2.06 bits per heavy atom. The highest BCUT2D eigenvalue weighted by molar-refractivity contribution is 5.75. The summed E-state index contributed by atoms with van der Waals surface area (Å²) < 4.78 is 9.15. The molecule has 0 heterocycles. The smallest absolute Gasteiger partial charge is 0.319 e. The van der Waals surface area contributed by atoms with Crippen LogP contribution < -0.4 is 0 Å². The van der Waals surface area contributed by atoms with Crippen LogP contribution in [0.5, 0.6) is 0 Å². The summed E-state index contributed by atoms with van der Waals surface area (Å²) in [5.41, 5.74) is 0. The zero-order chi connectivity index (χ0) is 12.8. The van der Waals surface area contributed by atoms with Crippen LogP contribution in [0.3, 0.4) is 0 Å². The highest BCUT2D eigenvalue weighted by Crippen LogP contribution is 2.24. The lowest BCUT2D eigenvalue weighted by molar-refractivity contribution is -0.147. The fourth-order valence-electron chi connectivity index (χ4n) is 2.10. The highest BCUT2D eigenvalue weighted by atomic mass is 16.5. The average Bonchev–Trinajstić information content (AvgIpc) is 2.74. The van der Waals surface area contributed by atoms with Crippen molar-refractivity contribution in [2.24, 2.45) is 0 Å². The number of rotatable bonds is 5. The molecule has 2 unspecified atom stereocenters. The summed E-state index contributed by atoms with van der Waals surface area (Å²) in [5, 5.41) is 9.78. The van der Waals surface area contributed by atoms with Crippen LogP contribution >= 0.6 is 0 Å². The molecule has 1 fully saturated rings. The van der Waals surface area contributed by atoms with E-state index in [2.05, 4.69) is 9.47 Å². The fourth-order valence-corrected chi connectivity index (χ4v) is 2.10. The highest BCUT2D eigenvalue weighted by Gasteiger charge is 2.33. The number of aliphatic hydroxyl groups is 1. The number of hydrogen-bond donors (Lipinski definition) is 1. The van der Waals surface area contributed by atoms with E-state index in [0.29, 0.717) is 6.42 Å². The minimum absolute atomic E-state index is 0.00662. The van der Waals surface area contributed by atoms with Gasteiger partial charge in [-0.15, -0.1) is 0 Å². The molecule has 1 saturated carbocycles. The minimum atomic E-state index is -0.496. The Balaban J connectivity index is 2.63. The molecule has 0 aliphatic heterocycles. The second-order valence-corrected chi connectivity index (χ2v) is 4.12. The van der Waals surface area contributed by atoms with Gasteiger partial charge in [-0.25, -0.2) is 0 Å². The lowest BCUT2D eigenvalue weighted by Crippen LogP contribution is -2.46. The maximum Gasteiger partial charge on any atom is 0.319 e. The van der Waals surface area contributed by atoms with Gasteiger partial charge in [-0.1, -0.05) is 0 Å². The van der Waals surface area contributed by atoms with Crippen molar-refractivity contribution >= 4 is 11.9 Å². The normalized spacial score (nSPS) is 23.8. The number of methoxy groups -OCH3 is 2. The third-order valence-electron chi connectivity index (χ3n) is 3.03. The summed E-state index contributed by atoms with van der Waals surface area (Å²) in [6.45, 7) is -0.0132. The number of nitrogens with zero attached hydrogens (tertiary/aromatic N) is 1. The van der Waals surface area contributed by atoms with E-state index in [0.717, 1.165) is 12.8 Å². The van der Waals surface area contributed by atoms with E-state index in [-0.39, 0.29) is 19.1 Å². The topological polar surface area (TPSA) is 76.1 Å². The maximum absolute atomic E-state index is 11.3. The standard InChI is InChI=1S/C11H19NO5/c1-16-10(14)6-12(7-11(15)17-2)8-4-3-5-9(8)13/h8-9,13H,3-7H2,1-2H3. The number of carbonyl (C=O) groups excluding carboxylic acids is 2. The zero-order valence-electron chi connectivity index (χ0n) is 10.2. The van der Waals surface area contributed by atoms with Crippen LogP contribution in [0.1, 0.15) is 19.3 Å². The summed E-state index contributed by atoms with van der Waals surface area (Å²) in [5.74, 6) is -0.846. The molecule has 6 heteroatoms. The Morgan fingerprint density at radius 2 is 1.71 bits per heavy atom. The molecule has 0 amide bonds. The lowest BCUT2D eigenvalue weighted by atomic mass is 10.2. The Kier molecular flexibility index (Phi) is 5.37. The molecule has 98 valence electrons. The summed E-state index contributed by atoms with van der Waals surface area (Å²) in [7, 11) is 2.59. The van der Waals surface area contributed by atoms with Gasteiger partial charge in [0.15, 0.2) is 0 Å². The van der Waals surface area contributed by atoms with Gasteiger partial charge in [0.2, 0.25) is 0 Å². The molecule has 1 rings (SSSR count). The summed E-state index contributed by atoms with van der Waals surface area (Å²) in [6.07, 6.45) is 1.87. The molecule has 0 bridgehead atoms. The van der Waals surface area contributed by atoms with Gasteiger partial charge in [0.1, 0.15) is 0 Å². The van der Waals surface area contributed by atoms with Crippen molar-refractivity contribution < 1.29 is 24.2 Å². The third-order valence-corrected chi connectivity index (χ3v) is 3.03. The largest absolute Gasteiger partial charge is 0.468 e. The first-order valence-electron chi connectivity index (χ1n) is 5.64. The predicted octanol–water partition coefficient (Wildman–Crippen LogP) is -0.452. The van der Waals surface area contributed by atoms with Crippen molar-refractivity contribution in [1.82, 2.24) is 4.90 Å². The number of esters is 2. The third kappa shape index (κ3) is 3.98. The van der Waals surface area contributed by atoms with Gasteiger partial charge in [0, 0.05) is 6.04 Å². The van der Waals surface area contributed by atoms with Crippen LogP contribution in [0.15, 0.2) is 0 Å². The molecule has 1 N–H and O–H groups in total. The van der Waals surface area contributed by atoms with Crippen molar-refractivity contribution in [1.29, 1.82) is 0 Å². The van der Waals surface area contributed by atoms with Crippen molar-refractivity contribution in [2.45, 2.75) is 31.4 Å². The Morgan fingerprint density at radius 1 is 1.18 bits per heavy atom. The van der Waals surface area contributed by atoms with Gasteiger partial charge in [-0.05, 0) is 19.3 Å². The molecule has 0 aromatic carbocycles. The van der Waals surface area contributed by atoms with E-state index in [1.807, 2.05) is 0 Å². The molecule has 17 heavy (non-hydrogen) atoms. The fraction of sp³-hybridized carbons (Fsp3) is 0.818. The molecular formula is C11H19NO5. The van der Waals surface area contributed by atoms with Crippen LogP contribution in [-0.2, 0) is 19.1 Å². The summed E-state index contributed by atoms with van der Waals surface area (Å²) >= 11 is 0. The van der Waals surface area contributed by atoms with E-state index >= 15 is 0 Å². The van der Waals surface area contributed by atoms with Gasteiger partial charge >= 0.3 is 11.9 Å². The SMILES string of the molecule is COC(=O)CN(CC(=O)OC)C1CCCC1O. The van der Waals surface area contributed by atoms with Crippen molar-refractivity contribution in [3.63, 3.8) is 0 Å². The minimum Gasteiger partial charge on any atom is -0.468 e. The molecule has 1 aliphatic carbocycles. The van der Waals surface area contributed by atoms with Crippen LogP contribution in [0.4, 0.5) is 0 Å². The van der Waals surface area contributed by atoms with Crippen molar-refractivity contribution in [2.75, 3.05) is 27.3 Å². The Bertz CT molecular complexity index is 263. The molecular weight excluding hydrogens is 226 g/mol. The van der Waals surface area contributed by atoms with Gasteiger partial charge < -0.3 is 14.6 Å². The molecule has 6 nitrogen and oxygen atoms in total. The van der Waals surface area contributed by atoms with E-state index < -0.39 is 18.0 Å². The number of aliphatic hydroxyl groups excluding tert-OH is 1. The Hall–Kier alpha value is -1.14. The lowest BCUT2D eigenvalue weighted by Gasteiger charge is -2.28. The molecule has 1 aliphatic rings. The van der Waals surface area contributed by atoms with Gasteiger partial charge in [0.25, 0.3) is 0 Å². The first-order valence-corrected chi connectivity index (χ1v) is 5.64. The van der Waals surface area contributed by atoms with E-state index in [1.54, 1.807) is 4.90 Å². The van der Waals surface area contributed by atoms with Crippen LogP contribution in [0.25, 0.3) is 0 Å². The van der Waals surface area contributed by atoms with Crippen LogP contribution in [-0.4, -0.2) is 61.4 Å². The van der Waals surface area contributed by atoms with E-state index in [4.69, 9.17) is 0 Å². The summed E-state index contributed by atoms with van der Waals surface area (Å²) in [6, 6.07) is -0.173. The maximum atomic E-state index is 11.3. The van der Waals surface area contributed by atoms with Gasteiger partial charge in [0.05, 0.1) is 33.4 Å². The van der Waals surface area contributed by atoms with E-state index in [1.165, 1.54) is 14.2 Å². The number of carbonyl (C=O) groups is 2. The molecule has 2 atom stereocenters. The van der Waals surface area contributed by atoms with E-state index in [9.17, 15) is 14.7 Å². The van der Waals surface area contributed by atoms with Crippen LogP contribution in [0, 0.1) is 0 Å². The zero-order valence-corrected chi connectivity index (χ0v) is 10.2. The molecule has 0 aromatic heterocycles. The number of ether oxygens (including phenoxy) is 2. The Labute approximate surface area is 100 Å². The first-order chi connectivity index (χ1) is 8.08. The first kappa shape index (κ1) is 13.9. The second kappa shape index (κ2) is 6.56. The molecule has 0 saturated heterocycles. The predicted molar refractivity (Wildman–Crippen MR) is 59.3 cm³/mol. The molecule has 0 radical (unpaired) electrons. The molecule has 0 aromatic rings. The molecule has 0 spiro atoms. The van der Waals surface area contributed by atoms with Crippen molar-refractivity contribution in [3.8, 4) is 0 Å².